The average molecular weight is 628 g/mol. The summed E-state index contributed by atoms with van der Waals surface area (Å²) < 4.78 is 53.9. The Bertz CT molecular complexity index is 1740. The molecular weight excluding hydrogens is 597 g/mol. The fraction of sp³-hybridized carbons (Fsp3) is 0.310. The maximum atomic E-state index is 14.9. The predicted molar refractivity (Wildman–Crippen MR) is 161 cm³/mol. The van der Waals surface area contributed by atoms with Gasteiger partial charge >= 0.3 is 6.03 Å². The first-order valence-corrected chi connectivity index (χ1v) is 15.9. The second-order valence-electron chi connectivity index (χ2n) is 10.1. The van der Waals surface area contributed by atoms with Crippen molar-refractivity contribution in [3.8, 4) is 22.1 Å². The number of hydrogen-bond acceptors (Lipinski definition) is 9. The summed E-state index contributed by atoms with van der Waals surface area (Å²) >= 11 is 1.37. The molecule has 3 amide bonds. The van der Waals surface area contributed by atoms with Crippen molar-refractivity contribution in [3.05, 3.63) is 66.2 Å². The fourth-order valence-corrected chi connectivity index (χ4v) is 6.76. The summed E-state index contributed by atoms with van der Waals surface area (Å²) in [4.78, 5) is 33.1. The third kappa shape index (κ3) is 7.83. The van der Waals surface area contributed by atoms with Gasteiger partial charge in [0.2, 0.25) is 15.9 Å². The normalized spacial score (nSPS) is 13.8. The zero-order valence-corrected chi connectivity index (χ0v) is 25.1. The Morgan fingerprint density at radius 3 is 2.60 bits per heavy atom. The van der Waals surface area contributed by atoms with Gasteiger partial charge in [0.1, 0.15) is 5.75 Å². The van der Waals surface area contributed by atoms with Crippen LogP contribution in [0.2, 0.25) is 0 Å². The molecule has 1 atom stereocenters. The lowest BCUT2D eigenvalue weighted by molar-refractivity contribution is -0.117. The molecule has 1 unspecified atom stereocenters. The van der Waals surface area contributed by atoms with Gasteiger partial charge in [-0.05, 0) is 55.5 Å². The van der Waals surface area contributed by atoms with Gasteiger partial charge in [-0.1, -0.05) is 6.07 Å². The minimum Gasteiger partial charge on any atom is -0.453 e. The van der Waals surface area contributed by atoms with Crippen molar-refractivity contribution < 1.29 is 31.9 Å². The quantitative estimate of drug-likeness (QED) is 0.199. The van der Waals surface area contributed by atoms with Crippen molar-refractivity contribution in [1.29, 1.82) is 0 Å². The minimum atomic E-state index is -3.89. The number of halogens is 1. The van der Waals surface area contributed by atoms with Crippen LogP contribution in [0.5, 0.6) is 11.5 Å². The van der Waals surface area contributed by atoms with Crippen LogP contribution in [0, 0.1) is 5.82 Å². The van der Waals surface area contributed by atoms with Gasteiger partial charge in [0, 0.05) is 56.9 Å². The Labute approximate surface area is 251 Å². The molecule has 14 heteroatoms. The molecule has 0 bridgehead atoms. The Balaban J connectivity index is 1.31. The molecule has 3 heterocycles. The molecule has 1 aliphatic rings. The first-order chi connectivity index (χ1) is 20.6. The number of carbonyl (C=O) groups excluding carboxylic acids is 2. The largest absolute Gasteiger partial charge is 0.453 e. The highest BCUT2D eigenvalue weighted by atomic mass is 32.2. The molecule has 0 aliphatic heterocycles. The molecule has 226 valence electrons. The SMILES string of the molecule is COCCC(Cc1ccc(-c2cc3nccc(Oc4ccc(NC(=O)NC5CC5)cc4F)c3s2)nc1)S(=O)(=O)NC(C)=O. The van der Waals surface area contributed by atoms with Crippen molar-refractivity contribution in [2.24, 2.45) is 0 Å². The summed E-state index contributed by atoms with van der Waals surface area (Å²) in [6.07, 6.45) is 5.42. The summed E-state index contributed by atoms with van der Waals surface area (Å²) in [6, 6.07) is 11.1. The second kappa shape index (κ2) is 13.0. The lowest BCUT2D eigenvalue weighted by Gasteiger charge is -2.17. The maximum Gasteiger partial charge on any atom is 0.319 e. The Hall–Kier alpha value is -4.14. The number of nitrogens with one attached hydrogen (secondary N) is 3. The van der Waals surface area contributed by atoms with Crippen LogP contribution in [-0.2, 0) is 26.0 Å². The van der Waals surface area contributed by atoms with E-state index in [-0.39, 0.29) is 37.3 Å². The number of anilines is 1. The van der Waals surface area contributed by atoms with E-state index in [4.69, 9.17) is 9.47 Å². The molecular formula is C29H30FN5O6S2. The molecule has 4 aromatic rings. The maximum absolute atomic E-state index is 14.9. The number of rotatable bonds is 12. The number of nitrogens with zero attached hydrogens (tertiary/aromatic N) is 2. The van der Waals surface area contributed by atoms with Gasteiger partial charge < -0.3 is 20.1 Å². The first-order valence-electron chi connectivity index (χ1n) is 13.5. The Morgan fingerprint density at radius 2 is 1.93 bits per heavy atom. The standard InChI is InChI=1S/C29H30FN5O6S2/c1-17(36)35-43(38,39)21(10-12-40-2)13-18-3-7-23(32-16-18)27-15-24-28(42-27)26(9-11-31-24)41-25-8-6-20(14-22(25)30)34-29(37)33-19-4-5-19/h3,6-9,11,14-16,19,21H,4-5,10,12-13H2,1-2H3,(H,35,36)(H2,33,34,37). The Morgan fingerprint density at radius 1 is 1.12 bits per heavy atom. The highest BCUT2D eigenvalue weighted by Gasteiger charge is 2.27. The van der Waals surface area contributed by atoms with Gasteiger partial charge in [-0.2, -0.15) is 0 Å². The van der Waals surface area contributed by atoms with Gasteiger partial charge in [-0.15, -0.1) is 11.3 Å². The minimum absolute atomic E-state index is 0.00433. The number of amides is 3. The molecule has 3 N–H and O–H groups in total. The number of hydrogen-bond donors (Lipinski definition) is 3. The van der Waals surface area contributed by atoms with E-state index < -0.39 is 27.0 Å². The summed E-state index contributed by atoms with van der Waals surface area (Å²) in [6.45, 7) is 1.37. The van der Waals surface area contributed by atoms with E-state index >= 15 is 0 Å². The van der Waals surface area contributed by atoms with Crippen LogP contribution in [0.15, 0.2) is 54.9 Å². The molecule has 1 aliphatic carbocycles. The van der Waals surface area contributed by atoms with Gasteiger partial charge in [0.25, 0.3) is 0 Å². The van der Waals surface area contributed by atoms with Crippen molar-refractivity contribution in [2.45, 2.75) is 43.9 Å². The second-order valence-corrected chi connectivity index (χ2v) is 13.1. The van der Waals surface area contributed by atoms with Gasteiger partial charge in [-0.3, -0.25) is 19.5 Å². The van der Waals surface area contributed by atoms with Crippen molar-refractivity contribution in [1.82, 2.24) is 20.0 Å². The molecule has 1 saturated carbocycles. The number of fused-ring (bicyclic) bond motifs is 1. The molecule has 1 fully saturated rings. The van der Waals surface area contributed by atoms with Crippen molar-refractivity contribution >= 4 is 49.2 Å². The number of urea groups is 1. The number of thiophene rings is 1. The third-order valence-corrected chi connectivity index (χ3v) is 9.62. The smallest absolute Gasteiger partial charge is 0.319 e. The van der Waals surface area contributed by atoms with Crippen LogP contribution < -0.4 is 20.1 Å². The average Bonchev–Trinajstić information content (AvgIpc) is 3.65. The fourth-order valence-electron chi connectivity index (χ4n) is 4.34. The van der Waals surface area contributed by atoms with Crippen LogP contribution in [0.3, 0.4) is 0 Å². The summed E-state index contributed by atoms with van der Waals surface area (Å²) in [5.74, 6) is -0.876. The van der Waals surface area contributed by atoms with Crippen LogP contribution in [0.4, 0.5) is 14.9 Å². The lowest BCUT2D eigenvalue weighted by atomic mass is 10.1. The van der Waals surface area contributed by atoms with E-state index in [1.165, 1.54) is 30.6 Å². The van der Waals surface area contributed by atoms with Gasteiger partial charge in [-0.25, -0.2) is 17.6 Å². The number of aromatic nitrogens is 2. The number of pyridine rings is 2. The van der Waals surface area contributed by atoms with Gasteiger partial charge in [0.15, 0.2) is 11.6 Å². The van der Waals surface area contributed by atoms with E-state index in [0.29, 0.717) is 32.9 Å². The van der Waals surface area contributed by atoms with Gasteiger partial charge in [0.05, 0.1) is 26.0 Å². The molecule has 3 aromatic heterocycles. The summed E-state index contributed by atoms with van der Waals surface area (Å²) in [5, 5.41) is 4.53. The molecule has 0 spiro atoms. The topological polar surface area (TPSA) is 149 Å². The first kappa shape index (κ1) is 30.3. The number of benzene rings is 1. The van der Waals surface area contributed by atoms with Crippen LogP contribution in [0.25, 0.3) is 20.8 Å². The number of methoxy groups -OCH3 is 1. The van der Waals surface area contributed by atoms with E-state index in [1.807, 2.05) is 10.8 Å². The zero-order chi connectivity index (χ0) is 30.6. The van der Waals surface area contributed by atoms with E-state index in [2.05, 4.69) is 20.6 Å². The molecule has 1 aromatic carbocycles. The number of carbonyl (C=O) groups is 2. The molecule has 5 rings (SSSR count). The predicted octanol–water partition coefficient (Wildman–Crippen LogP) is 4.99. The van der Waals surface area contributed by atoms with E-state index in [9.17, 15) is 22.4 Å². The number of ether oxygens (including phenoxy) is 2. The summed E-state index contributed by atoms with van der Waals surface area (Å²) in [7, 11) is -2.41. The van der Waals surface area contributed by atoms with Crippen molar-refractivity contribution in [2.75, 3.05) is 19.0 Å². The highest BCUT2D eigenvalue weighted by Crippen LogP contribution is 2.39. The highest BCUT2D eigenvalue weighted by molar-refractivity contribution is 7.90. The third-order valence-electron chi connectivity index (χ3n) is 6.61. The zero-order valence-electron chi connectivity index (χ0n) is 23.4. The molecule has 0 radical (unpaired) electrons. The van der Waals surface area contributed by atoms with Crippen LogP contribution in [-0.4, -0.2) is 55.3 Å². The lowest BCUT2D eigenvalue weighted by Crippen LogP contribution is -2.39. The summed E-state index contributed by atoms with van der Waals surface area (Å²) in [5.41, 5.74) is 2.27. The van der Waals surface area contributed by atoms with Crippen LogP contribution >= 0.6 is 11.3 Å². The number of sulfonamides is 1. The Kier molecular flexibility index (Phi) is 9.18. The molecule has 43 heavy (non-hydrogen) atoms. The van der Waals surface area contributed by atoms with Crippen LogP contribution in [0.1, 0.15) is 31.7 Å². The van der Waals surface area contributed by atoms with E-state index in [1.54, 1.807) is 36.7 Å². The van der Waals surface area contributed by atoms with E-state index in [0.717, 1.165) is 24.6 Å². The van der Waals surface area contributed by atoms with Crippen molar-refractivity contribution in [3.63, 3.8) is 0 Å². The molecule has 0 saturated heterocycles. The monoisotopic (exact) mass is 627 g/mol. The molecule has 11 nitrogen and oxygen atoms in total.